The van der Waals surface area contributed by atoms with Crippen molar-refractivity contribution in [3.05, 3.63) is 24.3 Å². The number of halogens is 1. The Labute approximate surface area is 152 Å². The van der Waals surface area contributed by atoms with E-state index < -0.39 is 0 Å². The van der Waals surface area contributed by atoms with E-state index in [-0.39, 0.29) is 61.5 Å². The van der Waals surface area contributed by atoms with Gasteiger partial charge in [-0.1, -0.05) is 0 Å². The predicted octanol–water partition coefficient (Wildman–Crippen LogP) is 1.97. The molecule has 0 aliphatic heterocycles. The fraction of sp³-hybridized carbons (Fsp3) is 0.714. The normalized spacial score (nSPS) is 10.1. The van der Waals surface area contributed by atoms with Gasteiger partial charge in [0.2, 0.25) is 0 Å². The standard InChI is InChI=1S/C5H5.3C3H8O.FGeH2.Zr/c1-2-4-5-3-1;3*1-3(2)4;1-2;/h1-3H,4H2;3*3-4H,1-2H3;2H2;/q-1;;;;;. The minimum atomic E-state index is -0.167. The third-order valence-electron chi connectivity index (χ3n) is 0.586. The van der Waals surface area contributed by atoms with Gasteiger partial charge in [0.25, 0.3) is 0 Å². The molecule has 6 heteroatoms. The van der Waals surface area contributed by atoms with Crippen LogP contribution in [-0.4, -0.2) is 50.6 Å². The Morgan fingerprint density at radius 2 is 1.15 bits per heavy atom. The third-order valence-corrected chi connectivity index (χ3v) is 0.586. The van der Waals surface area contributed by atoms with Crippen LogP contribution in [0, 0.1) is 6.08 Å². The van der Waals surface area contributed by atoms with E-state index in [1.54, 1.807) is 41.5 Å². The Kier molecular flexibility index (Phi) is 52.0. The number of hydrogen-bond donors (Lipinski definition) is 3. The second-order valence-electron chi connectivity index (χ2n) is 4.28. The van der Waals surface area contributed by atoms with E-state index in [9.17, 15) is 3.50 Å². The predicted molar refractivity (Wildman–Crippen MR) is 83.3 cm³/mol. The Hall–Kier alpha value is 0.716. The number of aliphatic hydroxyl groups excluding tert-OH is 3. The molecule has 0 bridgehead atoms. The molecule has 0 atom stereocenters. The van der Waals surface area contributed by atoms with Crippen molar-refractivity contribution in [2.24, 2.45) is 0 Å². The molecule has 0 amide bonds. The van der Waals surface area contributed by atoms with Crippen LogP contribution >= 0.6 is 0 Å². The molecule has 0 aromatic heterocycles. The van der Waals surface area contributed by atoms with E-state index >= 15 is 0 Å². The van der Waals surface area contributed by atoms with E-state index in [1.807, 2.05) is 12.2 Å². The van der Waals surface area contributed by atoms with Gasteiger partial charge in [0.15, 0.2) is 0 Å². The first-order chi connectivity index (χ1) is 8.70. The van der Waals surface area contributed by atoms with E-state index in [0.717, 1.165) is 6.42 Å². The zero-order chi connectivity index (χ0) is 16.3. The van der Waals surface area contributed by atoms with E-state index in [0.29, 0.717) is 0 Å². The first-order valence-electron chi connectivity index (χ1n) is 6.22. The summed E-state index contributed by atoms with van der Waals surface area (Å²) in [6.45, 7) is 10.3. The molecule has 121 valence electrons. The summed E-state index contributed by atoms with van der Waals surface area (Å²) < 4.78 is 9.62. The Bertz CT molecular complexity index is 155. The molecular formula is C14H31FGeO3Zr-. The minimum Gasteiger partial charge on any atom is 0 e. The second-order valence-corrected chi connectivity index (χ2v) is 4.28. The molecule has 0 spiro atoms. The number of hydrogen-bond acceptors (Lipinski definition) is 3. The Morgan fingerprint density at radius 3 is 1.20 bits per heavy atom. The van der Waals surface area contributed by atoms with Gasteiger partial charge in [-0.25, -0.2) is 12.2 Å². The fourth-order valence-corrected chi connectivity index (χ4v) is 0.340. The van der Waals surface area contributed by atoms with E-state index in [1.165, 1.54) is 0 Å². The molecule has 0 heterocycles. The minimum absolute atomic E-state index is 0. The molecule has 1 radical (unpaired) electrons. The van der Waals surface area contributed by atoms with Crippen molar-refractivity contribution in [2.45, 2.75) is 66.3 Å². The summed E-state index contributed by atoms with van der Waals surface area (Å²) in [6.07, 6.45) is 9.50. The molecule has 20 heavy (non-hydrogen) atoms. The molecule has 1 rings (SSSR count). The summed E-state index contributed by atoms with van der Waals surface area (Å²) in [7, 11) is 0. The molecule has 0 saturated heterocycles. The van der Waals surface area contributed by atoms with Crippen LogP contribution in [0.3, 0.4) is 0 Å². The summed E-state index contributed by atoms with van der Waals surface area (Å²) in [5, 5.41) is 24.2. The molecule has 0 saturated carbocycles. The zero-order valence-electron chi connectivity index (χ0n) is 13.6. The van der Waals surface area contributed by atoms with Gasteiger partial charge in [0.1, 0.15) is 0 Å². The molecule has 0 aromatic carbocycles. The van der Waals surface area contributed by atoms with Crippen LogP contribution in [0.25, 0.3) is 0 Å². The molecule has 0 unspecified atom stereocenters. The van der Waals surface area contributed by atoms with Crippen LogP contribution < -0.4 is 0 Å². The molecule has 1 aliphatic carbocycles. The van der Waals surface area contributed by atoms with Crippen molar-refractivity contribution >= 4 is 17.0 Å². The molecule has 0 fully saturated rings. The molecule has 0 aromatic rings. The van der Waals surface area contributed by atoms with Crippen molar-refractivity contribution in [1.82, 2.24) is 0 Å². The first kappa shape index (κ1) is 32.6. The van der Waals surface area contributed by atoms with E-state index in [2.05, 4.69) is 12.2 Å². The Balaban J connectivity index is -0.0000000476. The largest absolute Gasteiger partial charge is 0 e. The monoisotopic (exact) mass is 430 g/mol. The average Bonchev–Trinajstić information content (AvgIpc) is 2.74. The average molecular weight is 430 g/mol. The molecule has 3 nitrogen and oxygen atoms in total. The van der Waals surface area contributed by atoms with Gasteiger partial charge in [0, 0.05) is 44.5 Å². The fourth-order valence-electron chi connectivity index (χ4n) is 0.340. The van der Waals surface area contributed by atoms with Crippen LogP contribution in [0.2, 0.25) is 0 Å². The van der Waals surface area contributed by atoms with Crippen LogP contribution in [0.1, 0.15) is 48.0 Å². The summed E-state index contributed by atoms with van der Waals surface area (Å²) in [6, 6.07) is 0. The van der Waals surface area contributed by atoms with Gasteiger partial charge in [-0.05, 0) is 41.5 Å². The maximum absolute atomic E-state index is 9.62. The first-order valence-corrected chi connectivity index (χ1v) is 7.34. The zero-order valence-corrected chi connectivity index (χ0v) is 19.0. The summed E-state index contributed by atoms with van der Waals surface area (Å²) in [4.78, 5) is 0. The van der Waals surface area contributed by atoms with Crippen molar-refractivity contribution in [3.63, 3.8) is 0 Å². The summed E-state index contributed by atoms with van der Waals surface area (Å²) in [5.41, 5.74) is 0. The van der Waals surface area contributed by atoms with Gasteiger partial charge in [0.05, 0.1) is 0 Å². The van der Waals surface area contributed by atoms with Crippen molar-refractivity contribution < 1.29 is 45.0 Å². The topological polar surface area (TPSA) is 60.7 Å². The van der Waals surface area contributed by atoms with Crippen LogP contribution in [0.4, 0.5) is 3.50 Å². The van der Waals surface area contributed by atoms with Gasteiger partial charge >= 0.3 is 20.5 Å². The maximum Gasteiger partial charge on any atom is 0 e. The van der Waals surface area contributed by atoms with Crippen LogP contribution in [0.15, 0.2) is 18.2 Å². The van der Waals surface area contributed by atoms with Crippen LogP contribution in [-0.2, 0) is 26.2 Å². The summed E-state index contributed by atoms with van der Waals surface area (Å²) in [5.74, 6) is 0. The van der Waals surface area contributed by atoms with Gasteiger partial charge in [-0.15, -0.1) is 6.42 Å². The number of allylic oxidation sites excluding steroid dienone is 4. The Morgan fingerprint density at radius 1 is 0.900 bits per heavy atom. The SMILES string of the molecule is CC(C)O.CC(C)O.CC(C)O.[C-]1=CC=CC1.[F][GeH2].[Zr]. The van der Waals surface area contributed by atoms with E-state index in [4.69, 9.17) is 15.3 Å². The molecule has 1 aliphatic rings. The van der Waals surface area contributed by atoms with Gasteiger partial charge < -0.3 is 15.3 Å². The van der Waals surface area contributed by atoms with Gasteiger partial charge in [-0.2, -0.15) is 6.08 Å². The smallest absolute Gasteiger partial charge is 0 e. The maximum atomic E-state index is 9.62. The quantitative estimate of drug-likeness (QED) is 0.407. The van der Waals surface area contributed by atoms with Gasteiger partial charge in [-0.3, -0.25) is 6.08 Å². The van der Waals surface area contributed by atoms with Crippen molar-refractivity contribution in [2.75, 3.05) is 0 Å². The summed E-state index contributed by atoms with van der Waals surface area (Å²) >= 11 is -0.125. The number of rotatable bonds is 0. The van der Waals surface area contributed by atoms with Crippen LogP contribution in [0.5, 0.6) is 0 Å². The van der Waals surface area contributed by atoms with Crippen molar-refractivity contribution in [1.29, 1.82) is 0 Å². The molecule has 3 N–H and O–H groups in total. The second kappa shape index (κ2) is 31.9. The van der Waals surface area contributed by atoms with Crippen molar-refractivity contribution in [3.8, 4) is 0 Å². The third kappa shape index (κ3) is 180. The number of aliphatic hydroxyl groups is 3. The molecular weight excluding hydrogens is 399 g/mol.